The molecule has 2 unspecified atom stereocenters. The van der Waals surface area contributed by atoms with Gasteiger partial charge >= 0.3 is 0 Å². The Morgan fingerprint density at radius 1 is 1.23 bits per heavy atom. The Balaban J connectivity index is 1.71. The number of nitrogens with zero attached hydrogens (tertiary/aromatic N) is 3. The fourth-order valence-corrected chi connectivity index (χ4v) is 7.42. The van der Waals surface area contributed by atoms with E-state index in [4.69, 9.17) is 11.5 Å². The van der Waals surface area contributed by atoms with Crippen LogP contribution >= 0.6 is 11.8 Å². The number of hydrogen-bond acceptors (Lipinski definition) is 8. The Hall–Kier alpha value is -2.46. The summed E-state index contributed by atoms with van der Waals surface area (Å²) in [5.41, 5.74) is 12.2. The van der Waals surface area contributed by atoms with E-state index in [9.17, 15) is 8.42 Å². The standard InChI is InChI=1S/C20H22FN5O2S2/c1-19(17-14(21)8-15(29-17)12-7-13(22)10-24-9-12)11-30(27,28)20(2,18(23)26-19)16-5-3-4-6-25-16/h3-10,14,17H,11,22H2,1-2H3,(H2,23,26)/t14?,17?,19-,20+/m0/s1. The number of sulfone groups is 1. The zero-order valence-corrected chi connectivity index (χ0v) is 18.1. The van der Waals surface area contributed by atoms with Crippen molar-refractivity contribution in [1.82, 2.24) is 9.97 Å². The lowest BCUT2D eigenvalue weighted by Gasteiger charge is -2.42. The van der Waals surface area contributed by atoms with Gasteiger partial charge in [0.25, 0.3) is 0 Å². The summed E-state index contributed by atoms with van der Waals surface area (Å²) in [7, 11) is -3.84. The van der Waals surface area contributed by atoms with Crippen LogP contribution < -0.4 is 11.5 Å². The molecule has 4 rings (SSSR count). The van der Waals surface area contributed by atoms with Crippen LogP contribution in [-0.4, -0.2) is 46.9 Å². The average Bonchev–Trinajstić information content (AvgIpc) is 3.09. The molecule has 0 saturated heterocycles. The van der Waals surface area contributed by atoms with Crippen molar-refractivity contribution >= 4 is 38.0 Å². The molecule has 7 nitrogen and oxygen atoms in total. The van der Waals surface area contributed by atoms with Gasteiger partial charge in [-0.3, -0.25) is 15.0 Å². The van der Waals surface area contributed by atoms with Crippen molar-refractivity contribution < 1.29 is 12.8 Å². The molecule has 0 aliphatic carbocycles. The minimum atomic E-state index is -3.84. The first-order chi connectivity index (χ1) is 14.1. The molecular weight excluding hydrogens is 425 g/mol. The second kappa shape index (κ2) is 7.05. The molecule has 2 aromatic rings. The van der Waals surface area contributed by atoms with E-state index >= 15 is 4.39 Å². The maximum atomic E-state index is 15.1. The van der Waals surface area contributed by atoms with Gasteiger partial charge in [0, 0.05) is 29.1 Å². The van der Waals surface area contributed by atoms with Gasteiger partial charge in [0.05, 0.1) is 27.9 Å². The molecule has 0 amide bonds. The molecule has 2 aromatic heterocycles. The van der Waals surface area contributed by atoms with Gasteiger partial charge in [-0.25, -0.2) is 12.8 Å². The number of amidine groups is 1. The summed E-state index contributed by atoms with van der Waals surface area (Å²) in [4.78, 5) is 13.4. The lowest BCUT2D eigenvalue weighted by Crippen LogP contribution is -2.59. The molecule has 0 saturated carbocycles. The topological polar surface area (TPSA) is 124 Å². The Kier molecular flexibility index (Phi) is 4.89. The van der Waals surface area contributed by atoms with E-state index in [0.717, 1.165) is 0 Å². The van der Waals surface area contributed by atoms with Gasteiger partial charge in [-0.05, 0) is 38.1 Å². The normalized spacial score (nSPS) is 33.0. The van der Waals surface area contributed by atoms with Gasteiger partial charge in [-0.15, -0.1) is 11.8 Å². The molecule has 10 heteroatoms. The quantitative estimate of drug-likeness (QED) is 0.740. The van der Waals surface area contributed by atoms with E-state index in [0.29, 0.717) is 21.8 Å². The number of rotatable bonds is 3. The van der Waals surface area contributed by atoms with Crippen LogP contribution in [0.1, 0.15) is 25.1 Å². The zero-order valence-electron chi connectivity index (χ0n) is 16.5. The van der Waals surface area contributed by atoms with Crippen molar-refractivity contribution in [2.75, 3.05) is 11.5 Å². The summed E-state index contributed by atoms with van der Waals surface area (Å²) in [6.45, 7) is 3.13. The van der Waals surface area contributed by atoms with Crippen molar-refractivity contribution in [2.45, 2.75) is 35.6 Å². The number of alkyl halides is 1. The fraction of sp³-hybridized carbons (Fsp3) is 0.350. The molecule has 0 radical (unpaired) electrons. The van der Waals surface area contributed by atoms with Crippen LogP contribution in [0.5, 0.6) is 0 Å². The lowest BCUT2D eigenvalue weighted by atomic mass is 9.95. The molecule has 30 heavy (non-hydrogen) atoms. The minimum Gasteiger partial charge on any atom is -0.397 e. The van der Waals surface area contributed by atoms with E-state index in [-0.39, 0.29) is 11.6 Å². The second-order valence-corrected chi connectivity index (χ2v) is 11.4. The smallest absolute Gasteiger partial charge is 0.171 e. The number of anilines is 1. The van der Waals surface area contributed by atoms with Crippen LogP contribution in [0.25, 0.3) is 4.91 Å². The highest BCUT2D eigenvalue weighted by molar-refractivity contribution is 8.09. The number of allylic oxidation sites excluding steroid dienone is 1. The monoisotopic (exact) mass is 447 g/mol. The molecule has 0 fully saturated rings. The first-order valence-electron chi connectivity index (χ1n) is 9.30. The van der Waals surface area contributed by atoms with Crippen molar-refractivity contribution in [2.24, 2.45) is 10.7 Å². The van der Waals surface area contributed by atoms with Gasteiger partial charge in [0.15, 0.2) is 14.6 Å². The Bertz CT molecular complexity index is 1150. The fourth-order valence-electron chi connectivity index (χ4n) is 3.88. The second-order valence-electron chi connectivity index (χ2n) is 7.88. The summed E-state index contributed by atoms with van der Waals surface area (Å²) in [5, 5.41) is -0.754. The van der Waals surface area contributed by atoms with E-state index in [2.05, 4.69) is 15.0 Å². The first-order valence-corrected chi connectivity index (χ1v) is 11.8. The van der Waals surface area contributed by atoms with Crippen molar-refractivity contribution in [3.8, 4) is 0 Å². The van der Waals surface area contributed by atoms with Crippen molar-refractivity contribution in [1.29, 1.82) is 0 Å². The number of halogens is 1. The summed E-state index contributed by atoms with van der Waals surface area (Å²) in [6.07, 6.45) is 4.67. The van der Waals surface area contributed by atoms with Crippen LogP contribution in [0.4, 0.5) is 10.1 Å². The zero-order chi connectivity index (χ0) is 21.7. The lowest BCUT2D eigenvalue weighted by molar-refractivity contribution is 0.325. The number of aromatic nitrogens is 2. The largest absolute Gasteiger partial charge is 0.397 e. The minimum absolute atomic E-state index is 0.0816. The molecule has 4 atom stereocenters. The third-order valence-corrected chi connectivity index (χ3v) is 9.91. The Morgan fingerprint density at radius 3 is 2.63 bits per heavy atom. The number of hydrogen-bond donors (Lipinski definition) is 2. The van der Waals surface area contributed by atoms with Crippen molar-refractivity contribution in [3.05, 3.63) is 60.2 Å². The molecule has 0 spiro atoms. The number of thioether (sulfide) groups is 1. The van der Waals surface area contributed by atoms with Gasteiger partial charge in [0.2, 0.25) is 0 Å². The van der Waals surface area contributed by atoms with Crippen LogP contribution in [0, 0.1) is 0 Å². The highest BCUT2D eigenvalue weighted by atomic mass is 32.2. The number of nitrogens with two attached hydrogens (primary N) is 2. The number of aliphatic imine (C=N–C) groups is 1. The molecular formula is C20H22FN5O2S2. The highest BCUT2D eigenvalue weighted by Crippen LogP contribution is 2.49. The summed E-state index contributed by atoms with van der Waals surface area (Å²) in [5.74, 6) is -0.427. The summed E-state index contributed by atoms with van der Waals surface area (Å²) < 4.78 is 40.4. The molecule has 158 valence electrons. The summed E-state index contributed by atoms with van der Waals surface area (Å²) in [6, 6.07) is 6.71. The predicted molar refractivity (Wildman–Crippen MR) is 118 cm³/mol. The molecule has 0 aromatic carbocycles. The molecule has 2 aliphatic rings. The van der Waals surface area contributed by atoms with E-state index in [1.54, 1.807) is 37.4 Å². The van der Waals surface area contributed by atoms with Gasteiger partial charge in [-0.2, -0.15) is 0 Å². The number of pyridine rings is 2. The SMILES string of the molecule is C[C@@]1(c2ccccn2)C(N)=N[C@](C)(C2SC(c3cncc(N)c3)=CC2F)CS1(=O)=O. The first kappa shape index (κ1) is 20.8. The third kappa shape index (κ3) is 3.18. The van der Waals surface area contributed by atoms with Gasteiger partial charge < -0.3 is 11.5 Å². The van der Waals surface area contributed by atoms with E-state index in [1.165, 1.54) is 37.2 Å². The third-order valence-electron chi connectivity index (χ3n) is 5.63. The van der Waals surface area contributed by atoms with Crippen LogP contribution in [0.2, 0.25) is 0 Å². The predicted octanol–water partition coefficient (Wildman–Crippen LogP) is 2.31. The summed E-state index contributed by atoms with van der Waals surface area (Å²) >= 11 is 1.23. The maximum Gasteiger partial charge on any atom is 0.171 e. The molecule has 4 heterocycles. The van der Waals surface area contributed by atoms with Gasteiger partial charge in [-0.1, -0.05) is 6.07 Å². The van der Waals surface area contributed by atoms with Gasteiger partial charge in [0.1, 0.15) is 12.0 Å². The molecule has 4 N–H and O–H groups in total. The maximum absolute atomic E-state index is 15.1. The Morgan fingerprint density at radius 2 is 2.00 bits per heavy atom. The Labute approximate surface area is 178 Å². The van der Waals surface area contributed by atoms with Crippen LogP contribution in [0.15, 0.2) is 53.9 Å². The van der Waals surface area contributed by atoms with Crippen molar-refractivity contribution in [3.63, 3.8) is 0 Å². The van der Waals surface area contributed by atoms with Crippen LogP contribution in [0.3, 0.4) is 0 Å². The number of nitrogen functional groups attached to an aromatic ring is 1. The highest BCUT2D eigenvalue weighted by Gasteiger charge is 2.57. The molecule has 0 bridgehead atoms. The molecule has 2 aliphatic heterocycles. The average molecular weight is 448 g/mol. The van der Waals surface area contributed by atoms with E-state index in [1.807, 2.05) is 0 Å². The van der Waals surface area contributed by atoms with E-state index < -0.39 is 31.5 Å². The van der Waals surface area contributed by atoms with Crippen LogP contribution in [-0.2, 0) is 14.6 Å².